The number of rotatable bonds is 5. The maximum atomic E-state index is 7.51. The SMILES string of the molecule is COC(C)CNc1ccc(C)cc1C(=N)N. The number of ether oxygens (including phenoxy) is 1. The molecule has 1 unspecified atom stereocenters. The molecule has 0 saturated heterocycles. The molecule has 0 spiro atoms. The van der Waals surface area contributed by atoms with Crippen LogP contribution >= 0.6 is 0 Å². The van der Waals surface area contributed by atoms with Crippen molar-refractivity contribution in [3.63, 3.8) is 0 Å². The van der Waals surface area contributed by atoms with Gasteiger partial charge in [0.15, 0.2) is 0 Å². The summed E-state index contributed by atoms with van der Waals surface area (Å²) in [5.74, 6) is 0.0799. The number of hydrogen-bond donors (Lipinski definition) is 3. The van der Waals surface area contributed by atoms with Gasteiger partial charge in [-0.15, -0.1) is 0 Å². The molecule has 0 bridgehead atoms. The maximum Gasteiger partial charge on any atom is 0.124 e. The average Bonchev–Trinajstić information content (AvgIpc) is 2.26. The molecule has 0 heterocycles. The second-order valence-corrected chi connectivity index (χ2v) is 3.89. The highest BCUT2D eigenvalue weighted by Gasteiger charge is 2.06. The second kappa shape index (κ2) is 5.51. The molecule has 0 radical (unpaired) electrons. The van der Waals surface area contributed by atoms with Crippen LogP contribution in [-0.2, 0) is 4.74 Å². The number of aryl methyl sites for hydroxylation is 1. The number of amidine groups is 1. The van der Waals surface area contributed by atoms with Gasteiger partial charge in [0.1, 0.15) is 5.84 Å². The van der Waals surface area contributed by atoms with Gasteiger partial charge < -0.3 is 15.8 Å². The number of hydrogen-bond acceptors (Lipinski definition) is 3. The average molecular weight is 221 g/mol. The van der Waals surface area contributed by atoms with Gasteiger partial charge in [0, 0.05) is 24.9 Å². The highest BCUT2D eigenvalue weighted by atomic mass is 16.5. The Hall–Kier alpha value is -1.55. The zero-order chi connectivity index (χ0) is 12.1. The summed E-state index contributed by atoms with van der Waals surface area (Å²) >= 11 is 0. The Labute approximate surface area is 96.3 Å². The third-order valence-electron chi connectivity index (χ3n) is 2.45. The minimum atomic E-state index is 0.0799. The predicted octanol–water partition coefficient (Wildman–Crippen LogP) is 1.73. The Balaban J connectivity index is 2.82. The zero-order valence-electron chi connectivity index (χ0n) is 10.0. The van der Waals surface area contributed by atoms with Crippen molar-refractivity contribution in [2.45, 2.75) is 20.0 Å². The van der Waals surface area contributed by atoms with Crippen molar-refractivity contribution in [2.24, 2.45) is 5.73 Å². The summed E-state index contributed by atoms with van der Waals surface area (Å²) in [7, 11) is 1.67. The fraction of sp³-hybridized carbons (Fsp3) is 0.417. The lowest BCUT2D eigenvalue weighted by Crippen LogP contribution is -2.21. The van der Waals surface area contributed by atoms with Crippen LogP contribution in [0.4, 0.5) is 5.69 Å². The van der Waals surface area contributed by atoms with Crippen LogP contribution in [0.25, 0.3) is 0 Å². The summed E-state index contributed by atoms with van der Waals surface area (Å²) < 4.78 is 5.15. The van der Waals surface area contributed by atoms with Gasteiger partial charge in [-0.2, -0.15) is 0 Å². The lowest BCUT2D eigenvalue weighted by molar-refractivity contribution is 0.129. The fourth-order valence-electron chi connectivity index (χ4n) is 1.37. The molecule has 1 atom stereocenters. The fourth-order valence-corrected chi connectivity index (χ4v) is 1.37. The monoisotopic (exact) mass is 221 g/mol. The molecule has 0 saturated carbocycles. The van der Waals surface area contributed by atoms with Crippen molar-refractivity contribution in [3.8, 4) is 0 Å². The van der Waals surface area contributed by atoms with E-state index in [0.717, 1.165) is 16.8 Å². The van der Waals surface area contributed by atoms with Crippen LogP contribution in [0.2, 0.25) is 0 Å². The van der Waals surface area contributed by atoms with Crippen molar-refractivity contribution in [3.05, 3.63) is 29.3 Å². The van der Waals surface area contributed by atoms with Crippen LogP contribution in [0, 0.1) is 12.3 Å². The maximum absolute atomic E-state index is 7.51. The first-order chi connectivity index (χ1) is 7.54. The molecule has 0 amide bonds. The molecule has 0 aromatic heterocycles. The molecule has 4 heteroatoms. The van der Waals surface area contributed by atoms with E-state index in [0.29, 0.717) is 6.54 Å². The van der Waals surface area contributed by atoms with Gasteiger partial charge in [-0.3, -0.25) is 5.41 Å². The number of benzene rings is 1. The van der Waals surface area contributed by atoms with Gasteiger partial charge in [0.2, 0.25) is 0 Å². The van der Waals surface area contributed by atoms with Gasteiger partial charge >= 0.3 is 0 Å². The molecule has 88 valence electrons. The Morgan fingerprint density at radius 3 is 2.81 bits per heavy atom. The molecule has 1 rings (SSSR count). The van der Waals surface area contributed by atoms with E-state index in [1.54, 1.807) is 7.11 Å². The van der Waals surface area contributed by atoms with Crippen molar-refractivity contribution in [1.82, 2.24) is 0 Å². The van der Waals surface area contributed by atoms with E-state index in [1.165, 1.54) is 0 Å². The highest BCUT2D eigenvalue weighted by molar-refractivity contribution is 6.00. The van der Waals surface area contributed by atoms with Gasteiger partial charge in [0.25, 0.3) is 0 Å². The van der Waals surface area contributed by atoms with Gasteiger partial charge in [0.05, 0.1) is 6.10 Å². The van der Waals surface area contributed by atoms with Crippen molar-refractivity contribution in [2.75, 3.05) is 19.0 Å². The summed E-state index contributed by atoms with van der Waals surface area (Å²) in [6, 6.07) is 5.84. The third-order valence-corrected chi connectivity index (χ3v) is 2.45. The topological polar surface area (TPSA) is 71.1 Å². The summed E-state index contributed by atoms with van der Waals surface area (Å²) in [5, 5.41) is 10.7. The molecule has 4 N–H and O–H groups in total. The molecule has 0 aliphatic heterocycles. The summed E-state index contributed by atoms with van der Waals surface area (Å²) in [6.45, 7) is 4.66. The largest absolute Gasteiger partial charge is 0.384 e. The van der Waals surface area contributed by atoms with Gasteiger partial charge in [-0.1, -0.05) is 11.6 Å². The van der Waals surface area contributed by atoms with Crippen molar-refractivity contribution < 1.29 is 4.74 Å². The van der Waals surface area contributed by atoms with Crippen molar-refractivity contribution >= 4 is 11.5 Å². The molecule has 4 nitrogen and oxygen atoms in total. The summed E-state index contributed by atoms with van der Waals surface area (Å²) in [4.78, 5) is 0. The Kier molecular flexibility index (Phi) is 4.31. The van der Waals surface area contributed by atoms with E-state index in [4.69, 9.17) is 15.9 Å². The molecule has 0 aliphatic rings. The summed E-state index contributed by atoms with van der Waals surface area (Å²) in [5.41, 5.74) is 8.24. The van der Waals surface area contributed by atoms with Crippen LogP contribution < -0.4 is 11.1 Å². The second-order valence-electron chi connectivity index (χ2n) is 3.89. The van der Waals surface area contributed by atoms with Gasteiger partial charge in [-0.05, 0) is 26.0 Å². The lowest BCUT2D eigenvalue weighted by atomic mass is 10.1. The number of nitrogens with two attached hydrogens (primary N) is 1. The Morgan fingerprint density at radius 2 is 2.25 bits per heavy atom. The van der Waals surface area contributed by atoms with E-state index in [-0.39, 0.29) is 11.9 Å². The van der Waals surface area contributed by atoms with E-state index < -0.39 is 0 Å². The minimum Gasteiger partial charge on any atom is -0.384 e. The number of anilines is 1. The van der Waals surface area contributed by atoms with Gasteiger partial charge in [-0.25, -0.2) is 0 Å². The molecule has 0 fully saturated rings. The van der Waals surface area contributed by atoms with E-state index in [2.05, 4.69) is 5.32 Å². The normalized spacial score (nSPS) is 12.2. The van der Waals surface area contributed by atoms with E-state index in [9.17, 15) is 0 Å². The van der Waals surface area contributed by atoms with Crippen LogP contribution in [0.3, 0.4) is 0 Å². The van der Waals surface area contributed by atoms with E-state index in [1.807, 2.05) is 32.0 Å². The standard InChI is InChI=1S/C12H19N3O/c1-8-4-5-11(10(6-8)12(13)14)15-7-9(2)16-3/h4-6,9,15H,7H2,1-3H3,(H3,13,14). The lowest BCUT2D eigenvalue weighted by Gasteiger charge is -2.15. The minimum absolute atomic E-state index is 0.0799. The third kappa shape index (κ3) is 3.24. The van der Waals surface area contributed by atoms with Crippen LogP contribution in [-0.4, -0.2) is 25.6 Å². The number of nitrogen functional groups attached to an aromatic ring is 1. The smallest absolute Gasteiger partial charge is 0.124 e. The first kappa shape index (κ1) is 12.5. The van der Waals surface area contributed by atoms with Crippen molar-refractivity contribution in [1.29, 1.82) is 5.41 Å². The quantitative estimate of drug-likeness (QED) is 0.523. The molecule has 16 heavy (non-hydrogen) atoms. The number of methoxy groups -OCH3 is 1. The highest BCUT2D eigenvalue weighted by Crippen LogP contribution is 2.16. The molecule has 0 aliphatic carbocycles. The first-order valence-corrected chi connectivity index (χ1v) is 5.26. The zero-order valence-corrected chi connectivity index (χ0v) is 10.0. The Morgan fingerprint density at radius 1 is 1.56 bits per heavy atom. The molecular formula is C12H19N3O. The van der Waals surface area contributed by atoms with Crippen LogP contribution in [0.1, 0.15) is 18.1 Å². The molecule has 1 aromatic carbocycles. The first-order valence-electron chi connectivity index (χ1n) is 5.26. The summed E-state index contributed by atoms with van der Waals surface area (Å²) in [6.07, 6.45) is 0.126. The van der Waals surface area contributed by atoms with E-state index >= 15 is 0 Å². The Bertz CT molecular complexity index is 377. The molecule has 1 aromatic rings. The predicted molar refractivity (Wildman–Crippen MR) is 67.2 cm³/mol. The molecular weight excluding hydrogens is 202 g/mol. The number of nitrogens with one attached hydrogen (secondary N) is 2. The van der Waals surface area contributed by atoms with Crippen LogP contribution in [0.15, 0.2) is 18.2 Å². The van der Waals surface area contributed by atoms with Crippen LogP contribution in [0.5, 0.6) is 0 Å².